The Bertz CT molecular complexity index is 665. The molecule has 1 aliphatic carbocycles. The summed E-state index contributed by atoms with van der Waals surface area (Å²) in [4.78, 5) is 12.0. The lowest BCUT2D eigenvalue weighted by molar-refractivity contribution is -0.113. The van der Waals surface area contributed by atoms with Crippen LogP contribution in [0.4, 0.5) is 10.8 Å². The van der Waals surface area contributed by atoms with Crippen molar-refractivity contribution >= 4 is 39.8 Å². The van der Waals surface area contributed by atoms with E-state index in [0.717, 1.165) is 15.2 Å². The zero-order valence-corrected chi connectivity index (χ0v) is 14.8. The first-order valence-electron chi connectivity index (χ1n) is 7.73. The first kappa shape index (κ1) is 16.3. The highest BCUT2D eigenvalue weighted by molar-refractivity contribution is 8.01. The Balaban J connectivity index is 1.46. The number of carbonyl (C=O) groups is 1. The molecule has 3 rings (SSSR count). The number of carbonyl (C=O) groups excluding carboxylic acids is 1. The summed E-state index contributed by atoms with van der Waals surface area (Å²) >= 11 is 2.92. The fourth-order valence-corrected chi connectivity index (χ4v) is 3.63. The average Bonchev–Trinajstić information content (AvgIpc) is 3.22. The third kappa shape index (κ3) is 4.94. The van der Waals surface area contributed by atoms with Crippen molar-refractivity contribution in [3.8, 4) is 0 Å². The van der Waals surface area contributed by atoms with Crippen molar-refractivity contribution in [2.75, 3.05) is 16.4 Å². The van der Waals surface area contributed by atoms with Gasteiger partial charge in [-0.15, -0.1) is 10.2 Å². The molecule has 0 saturated heterocycles. The first-order chi connectivity index (χ1) is 11.1. The average molecular weight is 348 g/mol. The standard InChI is InChI=1S/C16H20N4OS2/c1-10(2)11-3-5-12(6-4-11)17-14(21)9-22-16-20-19-15(23-16)18-13-7-8-13/h3-6,10,13H,7-9H2,1-2H3,(H,17,21)(H,18,19). The molecule has 1 heterocycles. The maximum atomic E-state index is 12.0. The van der Waals surface area contributed by atoms with E-state index in [1.165, 1.54) is 41.5 Å². The Labute approximate surface area is 144 Å². The number of nitrogens with zero attached hydrogens (tertiary/aromatic N) is 2. The molecule has 2 aromatic rings. The zero-order chi connectivity index (χ0) is 16.2. The molecule has 2 N–H and O–H groups in total. The van der Waals surface area contributed by atoms with Gasteiger partial charge in [0.15, 0.2) is 4.34 Å². The summed E-state index contributed by atoms with van der Waals surface area (Å²) in [5, 5.41) is 15.2. The molecule has 0 aliphatic heterocycles. The molecular weight excluding hydrogens is 328 g/mol. The van der Waals surface area contributed by atoms with E-state index in [0.29, 0.717) is 17.7 Å². The number of amides is 1. The molecule has 0 unspecified atom stereocenters. The van der Waals surface area contributed by atoms with Crippen LogP contribution in [0, 0.1) is 0 Å². The van der Waals surface area contributed by atoms with Gasteiger partial charge in [-0.2, -0.15) is 0 Å². The Kier molecular flexibility index (Phi) is 5.17. The molecule has 0 atom stereocenters. The first-order valence-corrected chi connectivity index (χ1v) is 9.53. The minimum atomic E-state index is -0.0285. The number of aromatic nitrogens is 2. The second kappa shape index (κ2) is 7.31. The van der Waals surface area contributed by atoms with Gasteiger partial charge >= 0.3 is 0 Å². The summed E-state index contributed by atoms with van der Waals surface area (Å²) < 4.78 is 0.818. The fourth-order valence-electron chi connectivity index (χ4n) is 2.00. The van der Waals surface area contributed by atoms with Crippen LogP contribution in [0.15, 0.2) is 28.6 Å². The van der Waals surface area contributed by atoms with E-state index in [9.17, 15) is 4.79 Å². The molecule has 122 valence electrons. The van der Waals surface area contributed by atoms with Gasteiger partial charge in [-0.3, -0.25) is 4.79 Å². The highest BCUT2D eigenvalue weighted by Crippen LogP contribution is 2.30. The van der Waals surface area contributed by atoms with Crippen molar-refractivity contribution in [2.24, 2.45) is 0 Å². The van der Waals surface area contributed by atoms with Gasteiger partial charge in [-0.05, 0) is 36.5 Å². The highest BCUT2D eigenvalue weighted by atomic mass is 32.2. The van der Waals surface area contributed by atoms with Gasteiger partial charge in [-0.25, -0.2) is 0 Å². The molecule has 1 aromatic carbocycles. The lowest BCUT2D eigenvalue weighted by atomic mass is 10.0. The van der Waals surface area contributed by atoms with E-state index in [1.54, 1.807) is 0 Å². The molecule has 0 radical (unpaired) electrons. The topological polar surface area (TPSA) is 66.9 Å². The number of anilines is 2. The van der Waals surface area contributed by atoms with Crippen molar-refractivity contribution in [2.45, 2.75) is 43.0 Å². The van der Waals surface area contributed by atoms with Gasteiger partial charge < -0.3 is 10.6 Å². The predicted molar refractivity (Wildman–Crippen MR) is 96.4 cm³/mol. The third-order valence-electron chi connectivity index (χ3n) is 3.50. The van der Waals surface area contributed by atoms with Crippen LogP contribution >= 0.6 is 23.1 Å². The molecular formula is C16H20N4OS2. The summed E-state index contributed by atoms with van der Waals surface area (Å²) in [5.41, 5.74) is 2.09. The van der Waals surface area contributed by atoms with Crippen molar-refractivity contribution < 1.29 is 4.79 Å². The normalized spacial score (nSPS) is 14.0. The number of nitrogens with one attached hydrogen (secondary N) is 2. The third-order valence-corrected chi connectivity index (χ3v) is 5.49. The summed E-state index contributed by atoms with van der Waals surface area (Å²) in [5.74, 6) is 0.801. The van der Waals surface area contributed by atoms with Crippen LogP contribution in [0.1, 0.15) is 38.2 Å². The summed E-state index contributed by atoms with van der Waals surface area (Å²) in [6, 6.07) is 8.56. The largest absolute Gasteiger partial charge is 0.357 e. The van der Waals surface area contributed by atoms with E-state index in [2.05, 4.69) is 34.7 Å². The van der Waals surface area contributed by atoms with Gasteiger partial charge in [0.05, 0.1) is 5.75 Å². The molecule has 1 aromatic heterocycles. The highest BCUT2D eigenvalue weighted by Gasteiger charge is 2.22. The maximum absolute atomic E-state index is 12.0. The maximum Gasteiger partial charge on any atom is 0.234 e. The second-order valence-electron chi connectivity index (χ2n) is 5.91. The number of benzene rings is 1. The molecule has 1 aliphatic rings. The second-order valence-corrected chi connectivity index (χ2v) is 8.11. The van der Waals surface area contributed by atoms with Gasteiger partial charge in [-0.1, -0.05) is 49.1 Å². The summed E-state index contributed by atoms with van der Waals surface area (Å²) in [6.07, 6.45) is 2.42. The lowest BCUT2D eigenvalue weighted by Gasteiger charge is -2.08. The van der Waals surface area contributed by atoms with Gasteiger partial charge in [0.2, 0.25) is 11.0 Å². The predicted octanol–water partition coefficient (Wildman–Crippen LogP) is 3.97. The van der Waals surface area contributed by atoms with Crippen LogP contribution in [0.25, 0.3) is 0 Å². The van der Waals surface area contributed by atoms with Gasteiger partial charge in [0.25, 0.3) is 0 Å². The van der Waals surface area contributed by atoms with E-state index >= 15 is 0 Å². The van der Waals surface area contributed by atoms with Crippen LogP contribution in [0.2, 0.25) is 0 Å². The minimum absolute atomic E-state index is 0.0285. The van der Waals surface area contributed by atoms with Crippen LogP contribution in [0.5, 0.6) is 0 Å². The molecule has 1 fully saturated rings. The molecule has 0 bridgehead atoms. The fraction of sp³-hybridized carbons (Fsp3) is 0.438. The van der Waals surface area contributed by atoms with Crippen molar-refractivity contribution in [3.05, 3.63) is 29.8 Å². The SMILES string of the molecule is CC(C)c1ccc(NC(=O)CSc2nnc(NC3CC3)s2)cc1. The lowest BCUT2D eigenvalue weighted by Crippen LogP contribution is -2.13. The monoisotopic (exact) mass is 348 g/mol. The number of hydrogen-bond acceptors (Lipinski definition) is 6. The van der Waals surface area contributed by atoms with E-state index < -0.39 is 0 Å². The molecule has 0 spiro atoms. The number of rotatable bonds is 7. The minimum Gasteiger partial charge on any atom is -0.357 e. The van der Waals surface area contributed by atoms with Crippen LogP contribution in [-0.4, -0.2) is 27.9 Å². The van der Waals surface area contributed by atoms with Crippen molar-refractivity contribution in [3.63, 3.8) is 0 Å². The van der Waals surface area contributed by atoms with Crippen molar-refractivity contribution in [1.29, 1.82) is 0 Å². The van der Waals surface area contributed by atoms with E-state index in [4.69, 9.17) is 0 Å². The number of thioether (sulfide) groups is 1. The smallest absolute Gasteiger partial charge is 0.234 e. The van der Waals surface area contributed by atoms with Crippen LogP contribution in [-0.2, 0) is 4.79 Å². The quantitative estimate of drug-likeness (QED) is 0.741. The molecule has 1 saturated carbocycles. The zero-order valence-electron chi connectivity index (χ0n) is 13.2. The van der Waals surface area contributed by atoms with Gasteiger partial charge in [0, 0.05) is 11.7 Å². The van der Waals surface area contributed by atoms with E-state index in [1.807, 2.05) is 24.3 Å². The summed E-state index contributed by atoms with van der Waals surface area (Å²) in [6.45, 7) is 4.30. The van der Waals surface area contributed by atoms with E-state index in [-0.39, 0.29) is 5.91 Å². The van der Waals surface area contributed by atoms with Crippen LogP contribution < -0.4 is 10.6 Å². The Morgan fingerprint density at radius 3 is 2.70 bits per heavy atom. The molecule has 5 nitrogen and oxygen atoms in total. The number of hydrogen-bond donors (Lipinski definition) is 2. The Morgan fingerprint density at radius 2 is 2.04 bits per heavy atom. The molecule has 1 amide bonds. The summed E-state index contributed by atoms with van der Waals surface area (Å²) in [7, 11) is 0. The molecule has 7 heteroatoms. The van der Waals surface area contributed by atoms with Gasteiger partial charge in [0.1, 0.15) is 0 Å². The molecule has 23 heavy (non-hydrogen) atoms. The Hall–Kier alpha value is -1.60. The van der Waals surface area contributed by atoms with Crippen LogP contribution in [0.3, 0.4) is 0 Å². The Morgan fingerprint density at radius 1 is 1.30 bits per heavy atom. The van der Waals surface area contributed by atoms with Crippen molar-refractivity contribution in [1.82, 2.24) is 10.2 Å².